The highest BCUT2D eigenvalue weighted by atomic mass is 16.3. The van der Waals surface area contributed by atoms with Crippen molar-refractivity contribution in [2.75, 3.05) is 19.6 Å². The number of fused-ring (bicyclic) bond motifs is 2. The van der Waals surface area contributed by atoms with E-state index in [9.17, 15) is 79.5 Å². The van der Waals surface area contributed by atoms with E-state index in [4.69, 9.17) is 5.73 Å². The van der Waals surface area contributed by atoms with Crippen LogP contribution in [0.4, 0.5) is 0 Å². The van der Waals surface area contributed by atoms with Crippen LogP contribution in [0.25, 0.3) is 0 Å². The van der Waals surface area contributed by atoms with E-state index >= 15 is 0 Å². The Balaban J connectivity index is 1.84. The van der Waals surface area contributed by atoms with Gasteiger partial charge in [-0.3, -0.25) is 33.6 Å². The molecule has 3 heterocycles. The molecule has 0 aliphatic carbocycles. The van der Waals surface area contributed by atoms with E-state index in [1.807, 2.05) is 5.32 Å². The Kier molecular flexibility index (Phi) is 16.3. The van der Waals surface area contributed by atoms with Crippen LogP contribution in [-0.2, 0) is 33.6 Å². The van der Waals surface area contributed by atoms with Gasteiger partial charge in [0.1, 0.15) is 60.3 Å². The summed E-state index contributed by atoms with van der Waals surface area (Å²) in [5, 5.41) is 108. The van der Waals surface area contributed by atoms with Crippen LogP contribution in [0, 0.1) is 0 Å². The molecule has 0 spiro atoms. The quantitative estimate of drug-likeness (QED) is 0.115. The molecule has 3 aliphatic rings. The van der Waals surface area contributed by atoms with E-state index < -0.39 is 146 Å². The van der Waals surface area contributed by atoms with Crippen molar-refractivity contribution in [3.8, 4) is 5.75 Å². The van der Waals surface area contributed by atoms with Gasteiger partial charge in [-0.05, 0) is 44.0 Å². The van der Waals surface area contributed by atoms with Crippen LogP contribution in [0.5, 0.6) is 5.75 Å². The van der Waals surface area contributed by atoms with Crippen molar-refractivity contribution in [1.29, 1.82) is 0 Å². The Bertz CT molecular complexity index is 1740. The van der Waals surface area contributed by atoms with Gasteiger partial charge in [0.05, 0.1) is 24.4 Å². The highest BCUT2D eigenvalue weighted by molar-refractivity contribution is 5.98. The van der Waals surface area contributed by atoms with Crippen LogP contribution in [0.15, 0.2) is 24.3 Å². The molecule has 60 heavy (non-hydrogen) atoms. The van der Waals surface area contributed by atoms with Crippen molar-refractivity contribution in [2.45, 2.75) is 125 Å². The number of rotatable bonds is 8. The van der Waals surface area contributed by atoms with Gasteiger partial charge in [-0.2, -0.15) is 0 Å². The predicted octanol–water partition coefficient (Wildman–Crippen LogP) is -8.04. The molecule has 3 aliphatic heterocycles. The van der Waals surface area contributed by atoms with Crippen molar-refractivity contribution < 1.29 is 79.5 Å². The Morgan fingerprint density at radius 2 is 1.40 bits per heavy atom. The second kappa shape index (κ2) is 20.5. The van der Waals surface area contributed by atoms with E-state index in [2.05, 4.69) is 21.3 Å². The zero-order valence-corrected chi connectivity index (χ0v) is 32.7. The number of amides is 7. The number of phenolic OH excluding ortho intramolecular Hbond substituents is 1. The summed E-state index contributed by atoms with van der Waals surface area (Å²) in [6.45, 7) is 0.923. The first-order valence-corrected chi connectivity index (χ1v) is 19.2. The molecule has 0 unspecified atom stereocenters. The van der Waals surface area contributed by atoms with Gasteiger partial charge in [0.2, 0.25) is 41.4 Å². The number of carbonyl (C=O) groups is 7. The van der Waals surface area contributed by atoms with Crippen molar-refractivity contribution in [1.82, 2.24) is 36.4 Å². The van der Waals surface area contributed by atoms with Crippen molar-refractivity contribution in [2.24, 2.45) is 5.73 Å². The first kappa shape index (κ1) is 47.6. The van der Waals surface area contributed by atoms with Crippen molar-refractivity contribution >= 4 is 41.4 Å². The maximum Gasteiger partial charge on any atom is 0.248 e. The van der Waals surface area contributed by atoms with Crippen molar-refractivity contribution in [3.05, 3.63) is 29.8 Å². The van der Waals surface area contributed by atoms with Gasteiger partial charge < -0.3 is 88.1 Å². The van der Waals surface area contributed by atoms with Crippen LogP contribution in [0.2, 0.25) is 0 Å². The van der Waals surface area contributed by atoms with Crippen LogP contribution < -0.4 is 32.3 Å². The molecule has 7 amide bonds. The fourth-order valence-electron chi connectivity index (χ4n) is 7.33. The number of aliphatic hydroxyl groups excluding tert-OH is 8. The normalized spacial score (nSPS) is 32.2. The van der Waals surface area contributed by atoms with Gasteiger partial charge in [-0.1, -0.05) is 12.1 Å². The van der Waals surface area contributed by atoms with E-state index in [-0.39, 0.29) is 37.2 Å². The third kappa shape index (κ3) is 11.2. The lowest BCUT2D eigenvalue weighted by Gasteiger charge is -2.34. The number of aliphatic hydroxyl groups is 8. The zero-order valence-electron chi connectivity index (χ0n) is 32.7. The number of aromatic hydroxyl groups is 1. The van der Waals surface area contributed by atoms with Gasteiger partial charge in [-0.15, -0.1) is 0 Å². The third-order valence-electron chi connectivity index (χ3n) is 10.5. The highest BCUT2D eigenvalue weighted by Crippen LogP contribution is 2.26. The maximum atomic E-state index is 14.2. The zero-order chi connectivity index (χ0) is 44.7. The van der Waals surface area contributed by atoms with E-state index in [0.29, 0.717) is 0 Å². The molecular formula is C36H54N8O16. The molecule has 0 saturated carbocycles. The summed E-state index contributed by atoms with van der Waals surface area (Å²) in [6.07, 6.45) is -17.0. The predicted molar refractivity (Wildman–Crippen MR) is 201 cm³/mol. The summed E-state index contributed by atoms with van der Waals surface area (Å²) in [5.74, 6) is -8.48. The first-order chi connectivity index (χ1) is 28.2. The van der Waals surface area contributed by atoms with Gasteiger partial charge in [0.15, 0.2) is 6.23 Å². The smallest absolute Gasteiger partial charge is 0.248 e. The molecule has 334 valence electrons. The average molecular weight is 855 g/mol. The molecule has 24 heteroatoms. The van der Waals surface area contributed by atoms with Gasteiger partial charge in [0, 0.05) is 32.9 Å². The number of benzene rings is 1. The molecule has 14 atom stereocenters. The summed E-state index contributed by atoms with van der Waals surface area (Å²) < 4.78 is 0. The largest absolute Gasteiger partial charge is 0.508 e. The van der Waals surface area contributed by atoms with Crippen LogP contribution >= 0.6 is 0 Å². The third-order valence-corrected chi connectivity index (χ3v) is 10.5. The number of carbonyl (C=O) groups excluding carboxylic acids is 7. The summed E-state index contributed by atoms with van der Waals surface area (Å²) >= 11 is 0. The van der Waals surface area contributed by atoms with Gasteiger partial charge in [-0.25, -0.2) is 0 Å². The molecule has 0 radical (unpaired) electrons. The Morgan fingerprint density at radius 1 is 0.800 bits per heavy atom. The SMILES string of the molecule is CC(=O)N[C@H]1C[C@@H](O)[C@@H](O)NC(=O)[C@@H]2[C@@H](O)CCN2C(=O)[C@H]([C@H](O)CCN)NC(=O)[C@H]([C@H](O)[C@@H](O)c2ccc(O)cc2)NC(=O)[C@@H]2C[C@@H](O)CN2C(=O)[C@H]([C@@H](C)O)NC1=O. The van der Waals surface area contributed by atoms with Crippen LogP contribution in [-0.4, -0.2) is 196 Å². The second-order valence-electron chi connectivity index (χ2n) is 15.1. The topological polar surface area (TPSA) is 394 Å². The molecule has 3 saturated heterocycles. The lowest BCUT2D eigenvalue weighted by Crippen LogP contribution is -2.64. The molecule has 0 aromatic heterocycles. The average Bonchev–Trinajstić information content (AvgIpc) is 3.78. The van der Waals surface area contributed by atoms with E-state index in [0.717, 1.165) is 35.8 Å². The molecule has 24 nitrogen and oxygen atoms in total. The highest BCUT2D eigenvalue weighted by Gasteiger charge is 2.48. The number of phenols is 1. The van der Waals surface area contributed by atoms with Crippen LogP contribution in [0.1, 0.15) is 51.2 Å². The second-order valence-corrected chi connectivity index (χ2v) is 15.1. The molecule has 4 rings (SSSR count). The maximum absolute atomic E-state index is 14.2. The number of nitrogens with one attached hydrogen (secondary N) is 5. The van der Waals surface area contributed by atoms with E-state index in [1.54, 1.807) is 0 Å². The Morgan fingerprint density at radius 3 is 2.00 bits per heavy atom. The van der Waals surface area contributed by atoms with Gasteiger partial charge >= 0.3 is 0 Å². The lowest BCUT2D eigenvalue weighted by molar-refractivity contribution is -0.149. The molecule has 1 aromatic rings. The molecule has 3 fully saturated rings. The van der Waals surface area contributed by atoms with E-state index in [1.165, 1.54) is 12.1 Å². The van der Waals surface area contributed by atoms with Gasteiger partial charge in [0.25, 0.3) is 0 Å². The van der Waals surface area contributed by atoms with Crippen molar-refractivity contribution in [3.63, 3.8) is 0 Å². The minimum absolute atomic E-state index is 0.0751. The summed E-state index contributed by atoms with van der Waals surface area (Å²) in [5.41, 5.74) is 5.56. The fourth-order valence-corrected chi connectivity index (χ4v) is 7.33. The Hall–Kier alpha value is -5.05. The van der Waals surface area contributed by atoms with Crippen LogP contribution in [0.3, 0.4) is 0 Å². The fraction of sp³-hybridized carbons (Fsp3) is 0.639. The first-order valence-electron chi connectivity index (χ1n) is 19.2. The minimum atomic E-state index is -2.28. The number of nitrogens with zero attached hydrogens (tertiary/aromatic N) is 2. The monoisotopic (exact) mass is 854 g/mol. The number of hydrogen-bond donors (Lipinski definition) is 15. The number of nitrogens with two attached hydrogens (primary N) is 1. The standard InChI is InChI=1S/C36H54N8O16/c1-14(45)24-35(59)44-13-18(48)11-20(44)31(55)41-26(29(53)28(52)16-3-5-17(47)6-4-16)33(57)40-25(21(49)7-9-37)36(60)43-10-8-22(50)27(43)34(58)42-32(56)23(51)12-19(30(54)39-24)38-15(2)46/h3-6,14,18-29,32,45,47-53,56H,7-13,37H2,1-2H3,(H,38,46)(H,39,54)(H,40,57)(H,41,55)(H,42,58)/t14-,18-,19+,20+,21-,22+,23-,24+,25+,26+,27+,28+,29+,32-/m1/s1. The molecular weight excluding hydrogens is 800 g/mol. The molecule has 16 N–H and O–H groups in total. The summed E-state index contributed by atoms with van der Waals surface area (Å²) in [6, 6.07) is -6.73. The Labute approximate surface area is 342 Å². The number of hydrogen-bond acceptors (Lipinski definition) is 17. The lowest BCUT2D eigenvalue weighted by atomic mass is 9.96. The summed E-state index contributed by atoms with van der Waals surface area (Å²) in [4.78, 5) is 97.1. The minimum Gasteiger partial charge on any atom is -0.508 e. The molecule has 1 aromatic carbocycles. The summed E-state index contributed by atoms with van der Waals surface area (Å²) in [7, 11) is 0. The molecule has 0 bridgehead atoms.